The van der Waals surface area contributed by atoms with Crippen LogP contribution in [-0.2, 0) is 4.79 Å². The van der Waals surface area contributed by atoms with E-state index in [1.807, 2.05) is 61.2 Å². The van der Waals surface area contributed by atoms with Gasteiger partial charge in [-0.1, -0.05) is 49.7 Å². The van der Waals surface area contributed by atoms with Gasteiger partial charge in [0.1, 0.15) is 5.75 Å². The molecular formula is C27H29ClN4O3S. The van der Waals surface area contributed by atoms with Gasteiger partial charge in [0, 0.05) is 37.8 Å². The molecule has 0 saturated carbocycles. The lowest BCUT2D eigenvalue weighted by molar-refractivity contribution is -0.134. The van der Waals surface area contributed by atoms with E-state index in [9.17, 15) is 9.59 Å². The third-order valence-electron chi connectivity index (χ3n) is 6.17. The number of anilines is 2. The Morgan fingerprint density at radius 1 is 1.00 bits per heavy atom. The molecule has 0 aliphatic carbocycles. The second-order valence-electron chi connectivity index (χ2n) is 8.94. The third kappa shape index (κ3) is 5.71. The van der Waals surface area contributed by atoms with E-state index in [1.54, 1.807) is 12.1 Å². The summed E-state index contributed by atoms with van der Waals surface area (Å²) in [6.45, 7) is 6.61. The zero-order valence-corrected chi connectivity index (χ0v) is 22.1. The summed E-state index contributed by atoms with van der Waals surface area (Å²) < 4.78 is 5.42. The van der Waals surface area contributed by atoms with Crippen molar-refractivity contribution in [3.8, 4) is 5.75 Å². The van der Waals surface area contributed by atoms with Gasteiger partial charge in [0.25, 0.3) is 5.91 Å². The van der Waals surface area contributed by atoms with Crippen LogP contribution in [0.25, 0.3) is 10.8 Å². The number of rotatable bonds is 5. The SMILES string of the molecule is COc1cc2ccccc2cc1C(=O)NC(=S)Nc1ccc(N2CCN(C(=O)C(C)C)CC2)c(Cl)c1. The van der Waals surface area contributed by atoms with Crippen molar-refractivity contribution in [2.75, 3.05) is 43.5 Å². The van der Waals surface area contributed by atoms with Crippen LogP contribution in [0.2, 0.25) is 5.02 Å². The zero-order valence-electron chi connectivity index (χ0n) is 20.5. The molecule has 7 nitrogen and oxygen atoms in total. The normalized spacial score (nSPS) is 13.6. The molecule has 1 fully saturated rings. The Hall–Kier alpha value is -3.36. The highest BCUT2D eigenvalue weighted by atomic mass is 35.5. The Bertz CT molecular complexity index is 1310. The van der Waals surface area contributed by atoms with Crippen LogP contribution in [0.4, 0.5) is 11.4 Å². The average Bonchev–Trinajstić information content (AvgIpc) is 2.87. The van der Waals surface area contributed by atoms with Crippen LogP contribution in [0.5, 0.6) is 5.75 Å². The van der Waals surface area contributed by atoms with Crippen LogP contribution in [0.1, 0.15) is 24.2 Å². The van der Waals surface area contributed by atoms with E-state index in [-0.39, 0.29) is 22.8 Å². The molecule has 3 aromatic rings. The summed E-state index contributed by atoms with van der Waals surface area (Å²) in [5.41, 5.74) is 1.95. The number of carbonyl (C=O) groups excluding carboxylic acids is 2. The number of thiocarbonyl (C=S) groups is 1. The number of amides is 2. The molecule has 4 rings (SSSR count). The van der Waals surface area contributed by atoms with Crippen molar-refractivity contribution in [2.45, 2.75) is 13.8 Å². The van der Waals surface area contributed by atoms with Gasteiger partial charge in [-0.15, -0.1) is 0 Å². The van der Waals surface area contributed by atoms with Crippen LogP contribution in [-0.4, -0.2) is 55.1 Å². The summed E-state index contributed by atoms with van der Waals surface area (Å²) in [6.07, 6.45) is 0. The second-order valence-corrected chi connectivity index (χ2v) is 9.76. The summed E-state index contributed by atoms with van der Waals surface area (Å²) in [5.74, 6) is 0.275. The van der Waals surface area contributed by atoms with Gasteiger partial charge >= 0.3 is 0 Å². The van der Waals surface area contributed by atoms with Crippen molar-refractivity contribution in [2.24, 2.45) is 5.92 Å². The van der Waals surface area contributed by atoms with Gasteiger partial charge < -0.3 is 19.9 Å². The van der Waals surface area contributed by atoms with Crippen LogP contribution in [0, 0.1) is 5.92 Å². The Morgan fingerprint density at radius 3 is 2.28 bits per heavy atom. The smallest absolute Gasteiger partial charge is 0.261 e. The highest BCUT2D eigenvalue weighted by Gasteiger charge is 2.24. The fourth-order valence-electron chi connectivity index (χ4n) is 4.27. The molecule has 0 atom stereocenters. The van der Waals surface area contributed by atoms with Gasteiger partial charge in [0.05, 0.1) is 23.4 Å². The minimum Gasteiger partial charge on any atom is -0.496 e. The first-order chi connectivity index (χ1) is 17.3. The molecule has 36 heavy (non-hydrogen) atoms. The van der Waals surface area contributed by atoms with Gasteiger partial charge in [-0.25, -0.2) is 0 Å². The first-order valence-electron chi connectivity index (χ1n) is 11.8. The zero-order chi connectivity index (χ0) is 25.8. The number of nitrogens with one attached hydrogen (secondary N) is 2. The van der Waals surface area contributed by atoms with Crippen molar-refractivity contribution in [1.82, 2.24) is 10.2 Å². The fraction of sp³-hybridized carbons (Fsp3) is 0.296. The monoisotopic (exact) mass is 524 g/mol. The van der Waals surface area contributed by atoms with Crippen molar-refractivity contribution < 1.29 is 14.3 Å². The summed E-state index contributed by atoms with van der Waals surface area (Å²) in [4.78, 5) is 29.2. The standard InChI is InChI=1S/C27H29ClN4O3S/c1-17(2)26(34)32-12-10-31(11-13-32)23-9-8-20(16-22(23)28)29-27(36)30-25(33)21-14-18-6-4-5-7-19(18)15-24(21)35-3/h4-9,14-17H,10-13H2,1-3H3,(H2,29,30,33,36). The van der Waals surface area contributed by atoms with Gasteiger partial charge in [0.2, 0.25) is 5.91 Å². The average molecular weight is 525 g/mol. The predicted molar refractivity (Wildman–Crippen MR) is 149 cm³/mol. The molecule has 2 N–H and O–H groups in total. The van der Waals surface area contributed by atoms with Gasteiger partial charge in [-0.2, -0.15) is 0 Å². The number of ether oxygens (including phenoxy) is 1. The number of fused-ring (bicyclic) bond motifs is 1. The molecule has 0 spiro atoms. The molecule has 0 bridgehead atoms. The molecule has 0 unspecified atom stereocenters. The van der Waals surface area contributed by atoms with Crippen LogP contribution < -0.4 is 20.3 Å². The molecule has 1 saturated heterocycles. The van der Waals surface area contributed by atoms with E-state index in [1.165, 1.54) is 7.11 Å². The van der Waals surface area contributed by atoms with E-state index < -0.39 is 0 Å². The largest absolute Gasteiger partial charge is 0.496 e. The fourth-order valence-corrected chi connectivity index (χ4v) is 4.78. The molecule has 0 radical (unpaired) electrons. The number of hydrogen-bond donors (Lipinski definition) is 2. The summed E-state index contributed by atoms with van der Waals surface area (Å²) in [6, 6.07) is 16.9. The number of nitrogens with zero attached hydrogens (tertiary/aromatic N) is 2. The molecule has 3 aromatic carbocycles. The van der Waals surface area contributed by atoms with Crippen molar-refractivity contribution >= 4 is 62.9 Å². The summed E-state index contributed by atoms with van der Waals surface area (Å²) in [7, 11) is 1.53. The first-order valence-corrected chi connectivity index (χ1v) is 12.6. The topological polar surface area (TPSA) is 73.9 Å². The van der Waals surface area contributed by atoms with E-state index in [0.717, 1.165) is 16.5 Å². The highest BCUT2D eigenvalue weighted by molar-refractivity contribution is 7.80. The molecule has 1 aliphatic rings. The molecule has 0 aromatic heterocycles. The summed E-state index contributed by atoms with van der Waals surface area (Å²) in [5, 5.41) is 8.37. The Labute approximate surface area is 221 Å². The van der Waals surface area contributed by atoms with Gasteiger partial charge in [0.15, 0.2) is 5.11 Å². The minimum absolute atomic E-state index is 0.00264. The lowest BCUT2D eigenvalue weighted by Crippen LogP contribution is -2.50. The maximum absolute atomic E-state index is 12.9. The molecule has 1 heterocycles. The van der Waals surface area contributed by atoms with Crippen molar-refractivity contribution in [1.29, 1.82) is 0 Å². The minimum atomic E-state index is -0.369. The number of methoxy groups -OCH3 is 1. The highest BCUT2D eigenvalue weighted by Crippen LogP contribution is 2.30. The number of piperazine rings is 1. The number of hydrogen-bond acceptors (Lipinski definition) is 5. The Morgan fingerprint density at radius 2 is 1.67 bits per heavy atom. The first kappa shape index (κ1) is 25.7. The number of halogens is 1. The van der Waals surface area contributed by atoms with Crippen LogP contribution in [0.15, 0.2) is 54.6 Å². The quantitative estimate of drug-likeness (QED) is 0.461. The maximum atomic E-state index is 12.9. The molecule has 2 amide bonds. The van der Waals surface area contributed by atoms with Gasteiger partial charge in [-0.05, 0) is 53.3 Å². The summed E-state index contributed by atoms with van der Waals surface area (Å²) >= 11 is 12.0. The predicted octanol–water partition coefficient (Wildman–Crippen LogP) is 4.93. The number of benzene rings is 3. The molecular weight excluding hydrogens is 496 g/mol. The van der Waals surface area contributed by atoms with E-state index in [4.69, 9.17) is 28.6 Å². The van der Waals surface area contributed by atoms with Crippen LogP contribution in [0.3, 0.4) is 0 Å². The third-order valence-corrected chi connectivity index (χ3v) is 6.68. The van der Waals surface area contributed by atoms with Crippen LogP contribution >= 0.6 is 23.8 Å². The molecule has 188 valence electrons. The van der Waals surface area contributed by atoms with E-state index in [2.05, 4.69) is 15.5 Å². The molecule has 9 heteroatoms. The lowest BCUT2D eigenvalue weighted by atomic mass is 10.1. The second kappa shape index (κ2) is 11.1. The maximum Gasteiger partial charge on any atom is 0.261 e. The van der Waals surface area contributed by atoms with Gasteiger partial charge in [-0.3, -0.25) is 14.9 Å². The number of carbonyl (C=O) groups is 2. The Balaban J connectivity index is 1.39. The van der Waals surface area contributed by atoms with Crippen molar-refractivity contribution in [3.05, 3.63) is 65.2 Å². The van der Waals surface area contributed by atoms with Crippen molar-refractivity contribution in [3.63, 3.8) is 0 Å². The lowest BCUT2D eigenvalue weighted by Gasteiger charge is -2.37. The van der Waals surface area contributed by atoms with E-state index in [0.29, 0.717) is 48.2 Å². The Kier molecular flexibility index (Phi) is 7.96. The van der Waals surface area contributed by atoms with E-state index >= 15 is 0 Å². The molecule has 1 aliphatic heterocycles.